The summed E-state index contributed by atoms with van der Waals surface area (Å²) < 4.78 is 1.96. The number of aromatic nitrogens is 2. The maximum absolute atomic E-state index is 12.2. The molecular formula is C14H17N3O. The van der Waals surface area contributed by atoms with Crippen molar-refractivity contribution >= 4 is 16.8 Å². The lowest BCUT2D eigenvalue weighted by molar-refractivity contribution is 0.0964. The molecule has 0 spiro atoms. The van der Waals surface area contributed by atoms with Crippen LogP contribution in [-0.2, 0) is 7.05 Å². The fourth-order valence-corrected chi connectivity index (χ4v) is 2.58. The van der Waals surface area contributed by atoms with Gasteiger partial charge >= 0.3 is 0 Å². The molecule has 4 nitrogen and oxygen atoms in total. The van der Waals surface area contributed by atoms with Crippen LogP contribution in [0.5, 0.6) is 0 Å². The first kappa shape index (κ1) is 11.4. The monoisotopic (exact) mass is 243 g/mol. The van der Waals surface area contributed by atoms with Crippen LogP contribution in [0.3, 0.4) is 0 Å². The molecule has 1 atom stereocenters. The molecule has 2 aromatic rings. The summed E-state index contributed by atoms with van der Waals surface area (Å²) in [6, 6.07) is 5.79. The van der Waals surface area contributed by atoms with Crippen molar-refractivity contribution in [2.75, 3.05) is 13.1 Å². The third-order valence-electron chi connectivity index (χ3n) is 3.68. The molecule has 1 aromatic heterocycles. The number of nitrogens with one attached hydrogen (secondary N) is 1. The van der Waals surface area contributed by atoms with Crippen LogP contribution in [0.25, 0.3) is 11.0 Å². The zero-order valence-electron chi connectivity index (χ0n) is 10.5. The van der Waals surface area contributed by atoms with Gasteiger partial charge in [-0.15, -0.1) is 0 Å². The molecule has 1 fully saturated rings. The second kappa shape index (κ2) is 4.53. The zero-order valence-corrected chi connectivity index (χ0v) is 10.5. The fraction of sp³-hybridized carbons (Fsp3) is 0.429. The van der Waals surface area contributed by atoms with Crippen molar-refractivity contribution in [2.45, 2.75) is 12.8 Å². The lowest BCUT2D eigenvalue weighted by Gasteiger charge is -2.07. The quantitative estimate of drug-likeness (QED) is 0.835. The van der Waals surface area contributed by atoms with Gasteiger partial charge in [0.1, 0.15) is 0 Å². The Labute approximate surface area is 106 Å². The smallest absolute Gasteiger partial charge is 0.163 e. The van der Waals surface area contributed by atoms with Gasteiger partial charge in [-0.2, -0.15) is 0 Å². The summed E-state index contributed by atoms with van der Waals surface area (Å²) in [4.78, 5) is 16.5. The molecule has 0 amide bonds. The molecule has 1 aliphatic heterocycles. The summed E-state index contributed by atoms with van der Waals surface area (Å²) in [6.45, 7) is 2.01. The summed E-state index contributed by atoms with van der Waals surface area (Å²) in [5, 5.41) is 3.29. The summed E-state index contributed by atoms with van der Waals surface area (Å²) in [5.41, 5.74) is 2.75. The van der Waals surface area contributed by atoms with Crippen LogP contribution in [0.15, 0.2) is 24.5 Å². The fourth-order valence-electron chi connectivity index (χ4n) is 2.58. The van der Waals surface area contributed by atoms with Gasteiger partial charge in [0.05, 0.1) is 17.4 Å². The number of nitrogens with zero attached hydrogens (tertiary/aromatic N) is 2. The Hall–Kier alpha value is -1.68. The number of imidazole rings is 1. The lowest BCUT2D eigenvalue weighted by atomic mass is 9.97. The van der Waals surface area contributed by atoms with Crippen molar-refractivity contribution in [3.63, 3.8) is 0 Å². The minimum absolute atomic E-state index is 0.233. The van der Waals surface area contributed by atoms with E-state index < -0.39 is 0 Å². The summed E-state index contributed by atoms with van der Waals surface area (Å²) in [5.74, 6) is 0.730. The molecule has 1 aliphatic rings. The number of hydrogen-bond donors (Lipinski definition) is 1. The van der Waals surface area contributed by atoms with Gasteiger partial charge in [-0.05, 0) is 43.6 Å². The third-order valence-corrected chi connectivity index (χ3v) is 3.68. The maximum atomic E-state index is 12.2. The highest BCUT2D eigenvalue weighted by Crippen LogP contribution is 2.19. The van der Waals surface area contributed by atoms with E-state index in [1.54, 1.807) is 6.33 Å². The Kier molecular flexibility index (Phi) is 2.88. The lowest BCUT2D eigenvalue weighted by Crippen LogP contribution is -2.12. The van der Waals surface area contributed by atoms with Crippen LogP contribution in [0, 0.1) is 5.92 Å². The average Bonchev–Trinajstić information content (AvgIpc) is 2.99. The molecule has 18 heavy (non-hydrogen) atoms. The summed E-state index contributed by atoms with van der Waals surface area (Å²) >= 11 is 0. The number of carbonyl (C=O) groups excluding carboxylic acids is 1. The van der Waals surface area contributed by atoms with E-state index in [9.17, 15) is 4.79 Å². The van der Waals surface area contributed by atoms with Crippen LogP contribution in [0.2, 0.25) is 0 Å². The molecule has 2 heterocycles. The topological polar surface area (TPSA) is 46.9 Å². The summed E-state index contributed by atoms with van der Waals surface area (Å²) in [6.07, 6.45) is 3.53. The summed E-state index contributed by atoms with van der Waals surface area (Å²) in [7, 11) is 1.96. The first-order chi connectivity index (χ1) is 8.74. The van der Waals surface area contributed by atoms with E-state index in [0.29, 0.717) is 12.3 Å². The van der Waals surface area contributed by atoms with Gasteiger partial charge in [0, 0.05) is 19.0 Å². The molecule has 0 radical (unpaired) electrons. The van der Waals surface area contributed by atoms with Crippen LogP contribution < -0.4 is 5.32 Å². The predicted molar refractivity (Wildman–Crippen MR) is 70.6 cm³/mol. The number of fused-ring (bicyclic) bond motifs is 1. The maximum Gasteiger partial charge on any atom is 0.163 e. The molecule has 4 heteroatoms. The Morgan fingerprint density at radius 2 is 2.44 bits per heavy atom. The molecule has 0 aliphatic carbocycles. The number of rotatable bonds is 3. The Morgan fingerprint density at radius 3 is 3.22 bits per heavy atom. The average molecular weight is 243 g/mol. The van der Waals surface area contributed by atoms with E-state index in [4.69, 9.17) is 0 Å². The molecule has 0 saturated carbocycles. The molecule has 1 saturated heterocycles. The number of carbonyl (C=O) groups is 1. The highest BCUT2D eigenvalue weighted by atomic mass is 16.1. The van der Waals surface area contributed by atoms with Gasteiger partial charge in [0.15, 0.2) is 5.78 Å². The first-order valence-electron chi connectivity index (χ1n) is 6.39. The van der Waals surface area contributed by atoms with E-state index in [2.05, 4.69) is 10.3 Å². The van der Waals surface area contributed by atoms with E-state index in [1.807, 2.05) is 29.8 Å². The SMILES string of the molecule is Cn1cnc2cc(C(=O)CC3CCNC3)ccc21. The molecule has 1 aromatic carbocycles. The Bertz CT molecular complexity index is 582. The van der Waals surface area contributed by atoms with E-state index >= 15 is 0 Å². The molecule has 3 rings (SSSR count). The van der Waals surface area contributed by atoms with Crippen molar-refractivity contribution in [1.82, 2.24) is 14.9 Å². The molecule has 1 unspecified atom stereocenters. The van der Waals surface area contributed by atoms with Crippen molar-refractivity contribution in [1.29, 1.82) is 0 Å². The van der Waals surface area contributed by atoms with Crippen LogP contribution in [-0.4, -0.2) is 28.4 Å². The Morgan fingerprint density at radius 1 is 1.56 bits per heavy atom. The number of benzene rings is 1. The minimum Gasteiger partial charge on any atom is -0.334 e. The second-order valence-corrected chi connectivity index (χ2v) is 5.05. The van der Waals surface area contributed by atoms with Crippen LogP contribution in [0.1, 0.15) is 23.2 Å². The van der Waals surface area contributed by atoms with E-state index in [-0.39, 0.29) is 5.78 Å². The van der Waals surface area contributed by atoms with Gasteiger partial charge < -0.3 is 9.88 Å². The molecule has 0 bridgehead atoms. The van der Waals surface area contributed by atoms with Crippen LogP contribution in [0.4, 0.5) is 0 Å². The third kappa shape index (κ3) is 2.04. The highest BCUT2D eigenvalue weighted by molar-refractivity contribution is 5.99. The van der Waals surface area contributed by atoms with Crippen molar-refractivity contribution < 1.29 is 4.79 Å². The highest BCUT2D eigenvalue weighted by Gasteiger charge is 2.19. The zero-order chi connectivity index (χ0) is 12.5. The molecule has 94 valence electrons. The minimum atomic E-state index is 0.233. The molecular weight excluding hydrogens is 226 g/mol. The normalized spacial score (nSPS) is 19.5. The van der Waals surface area contributed by atoms with E-state index in [0.717, 1.165) is 36.1 Å². The standard InChI is InChI=1S/C14H17N3O/c1-17-9-16-12-7-11(2-3-13(12)17)14(18)6-10-4-5-15-8-10/h2-3,7,9-10,15H,4-6,8H2,1H3. The first-order valence-corrected chi connectivity index (χ1v) is 6.39. The van der Waals surface area contributed by atoms with Gasteiger partial charge in [0.2, 0.25) is 0 Å². The second-order valence-electron chi connectivity index (χ2n) is 5.05. The van der Waals surface area contributed by atoms with E-state index in [1.165, 1.54) is 0 Å². The Balaban J connectivity index is 1.82. The number of ketones is 1. The van der Waals surface area contributed by atoms with Gasteiger partial charge in [-0.3, -0.25) is 4.79 Å². The van der Waals surface area contributed by atoms with Gasteiger partial charge in [-0.1, -0.05) is 0 Å². The van der Waals surface area contributed by atoms with Crippen LogP contribution >= 0.6 is 0 Å². The predicted octanol–water partition coefficient (Wildman–Crippen LogP) is 1.76. The number of Topliss-reactive ketones (excluding diaryl/α,β-unsaturated/α-hetero) is 1. The van der Waals surface area contributed by atoms with Crippen molar-refractivity contribution in [2.24, 2.45) is 13.0 Å². The van der Waals surface area contributed by atoms with Crippen molar-refractivity contribution in [3.8, 4) is 0 Å². The molecule has 1 N–H and O–H groups in total. The van der Waals surface area contributed by atoms with Gasteiger partial charge in [0.25, 0.3) is 0 Å². The van der Waals surface area contributed by atoms with Crippen molar-refractivity contribution in [3.05, 3.63) is 30.1 Å². The number of hydrogen-bond acceptors (Lipinski definition) is 3. The number of aryl methyl sites for hydroxylation is 1. The van der Waals surface area contributed by atoms with Gasteiger partial charge in [-0.25, -0.2) is 4.98 Å². The largest absolute Gasteiger partial charge is 0.334 e.